The lowest BCUT2D eigenvalue weighted by Gasteiger charge is -2.19. The fraction of sp³-hybridized carbons (Fsp3) is 0.281. The number of rotatable bonds is 14. The van der Waals surface area contributed by atoms with Crippen molar-refractivity contribution >= 4 is 46.8 Å². The molecule has 0 aliphatic carbocycles. The van der Waals surface area contributed by atoms with Gasteiger partial charge in [0.25, 0.3) is 0 Å². The summed E-state index contributed by atoms with van der Waals surface area (Å²) in [4.78, 5) is 60.3. The first-order valence-electron chi connectivity index (χ1n) is 13.9. The second-order valence-electron chi connectivity index (χ2n) is 9.92. The Bertz CT molecular complexity index is 1490. The lowest BCUT2D eigenvalue weighted by Crippen LogP contribution is -2.30. The minimum atomic E-state index is -0.992. The molecule has 3 aromatic carbocycles. The van der Waals surface area contributed by atoms with E-state index in [2.05, 4.69) is 21.3 Å². The standard InChI is InChI=1S/C32H36N4O8/c1-20-7-4-5-8-24(20)35-32(42)36-25-16-11-21(17-27(25)43-2)18-29(38)33-23-14-12-22(13-15-23)26(19-31(41)44-3)34-28(37)9-6-10-30(39)40/h4-5,7-8,11-17,26H,6,9-10,18-19H2,1-3H3,(H,33,38)(H,34,37)(H,39,40)(H2,35,36,42)/t26-/m1/s1. The number of methoxy groups -OCH3 is 2. The molecule has 0 aliphatic rings. The summed E-state index contributed by atoms with van der Waals surface area (Å²) in [5.41, 5.74) is 3.81. The van der Waals surface area contributed by atoms with Crippen LogP contribution in [0.2, 0.25) is 0 Å². The van der Waals surface area contributed by atoms with Crippen LogP contribution in [0.3, 0.4) is 0 Å². The lowest BCUT2D eigenvalue weighted by atomic mass is 10.0. The number of carbonyl (C=O) groups excluding carboxylic acids is 4. The van der Waals surface area contributed by atoms with Crippen LogP contribution in [0.1, 0.15) is 48.4 Å². The molecule has 3 aromatic rings. The molecule has 12 heteroatoms. The molecule has 4 amide bonds. The number of aliphatic carboxylic acids is 1. The van der Waals surface area contributed by atoms with E-state index < -0.39 is 24.0 Å². The van der Waals surface area contributed by atoms with E-state index >= 15 is 0 Å². The van der Waals surface area contributed by atoms with Gasteiger partial charge in [0.1, 0.15) is 5.75 Å². The number of hydrogen-bond acceptors (Lipinski definition) is 7. The van der Waals surface area contributed by atoms with E-state index in [0.717, 1.165) is 5.56 Å². The summed E-state index contributed by atoms with van der Waals surface area (Å²) in [6.45, 7) is 1.89. The van der Waals surface area contributed by atoms with Crippen LogP contribution < -0.4 is 26.0 Å². The summed E-state index contributed by atoms with van der Waals surface area (Å²) in [5, 5.41) is 19.9. The highest BCUT2D eigenvalue weighted by Crippen LogP contribution is 2.27. The van der Waals surface area contributed by atoms with Gasteiger partial charge >= 0.3 is 18.0 Å². The number of aryl methyl sites for hydroxylation is 1. The van der Waals surface area contributed by atoms with E-state index in [1.807, 2.05) is 25.1 Å². The number of para-hydroxylation sites is 1. The Labute approximate surface area is 255 Å². The van der Waals surface area contributed by atoms with Gasteiger partial charge in [-0.05, 0) is 60.4 Å². The summed E-state index contributed by atoms with van der Waals surface area (Å²) < 4.78 is 10.2. The van der Waals surface area contributed by atoms with Gasteiger partial charge in [-0.15, -0.1) is 0 Å². The highest BCUT2D eigenvalue weighted by molar-refractivity contribution is 6.01. The monoisotopic (exact) mass is 604 g/mol. The van der Waals surface area contributed by atoms with Crippen LogP contribution in [0.5, 0.6) is 5.75 Å². The Morgan fingerprint density at radius 3 is 2.18 bits per heavy atom. The molecule has 0 heterocycles. The topological polar surface area (TPSA) is 172 Å². The normalized spacial score (nSPS) is 11.1. The molecular weight excluding hydrogens is 568 g/mol. The largest absolute Gasteiger partial charge is 0.495 e. The maximum absolute atomic E-state index is 12.8. The first-order valence-corrected chi connectivity index (χ1v) is 13.9. The van der Waals surface area contributed by atoms with Gasteiger partial charge in [-0.1, -0.05) is 36.4 Å². The van der Waals surface area contributed by atoms with Crippen LogP contribution in [0, 0.1) is 6.92 Å². The van der Waals surface area contributed by atoms with Gasteiger partial charge in [0.05, 0.1) is 38.8 Å². The van der Waals surface area contributed by atoms with E-state index in [1.165, 1.54) is 14.2 Å². The highest BCUT2D eigenvalue weighted by atomic mass is 16.5. The Kier molecular flexibility index (Phi) is 12.3. The second kappa shape index (κ2) is 16.3. The molecule has 232 valence electrons. The van der Waals surface area contributed by atoms with Crippen molar-refractivity contribution in [1.82, 2.24) is 5.32 Å². The number of nitrogens with one attached hydrogen (secondary N) is 4. The predicted molar refractivity (Wildman–Crippen MR) is 165 cm³/mol. The van der Waals surface area contributed by atoms with Crippen LogP contribution in [-0.4, -0.2) is 49.1 Å². The third kappa shape index (κ3) is 10.5. The molecule has 0 unspecified atom stereocenters. The molecule has 3 rings (SSSR count). The molecule has 0 spiro atoms. The summed E-state index contributed by atoms with van der Waals surface area (Å²) in [7, 11) is 2.72. The van der Waals surface area contributed by atoms with Crippen LogP contribution in [0.25, 0.3) is 0 Å². The smallest absolute Gasteiger partial charge is 0.323 e. The van der Waals surface area contributed by atoms with Crippen molar-refractivity contribution < 1.29 is 38.6 Å². The van der Waals surface area contributed by atoms with Crippen molar-refractivity contribution in [3.05, 3.63) is 83.4 Å². The first-order chi connectivity index (χ1) is 21.1. The third-order valence-corrected chi connectivity index (χ3v) is 6.60. The Morgan fingerprint density at radius 2 is 1.52 bits per heavy atom. The van der Waals surface area contributed by atoms with Gasteiger partial charge in [0.15, 0.2) is 0 Å². The number of esters is 1. The van der Waals surface area contributed by atoms with Gasteiger partial charge in [0, 0.05) is 24.2 Å². The van der Waals surface area contributed by atoms with Crippen LogP contribution in [0.4, 0.5) is 21.9 Å². The number of anilines is 3. The van der Waals surface area contributed by atoms with Gasteiger partial charge in [0.2, 0.25) is 11.8 Å². The summed E-state index contributed by atoms with van der Waals surface area (Å²) in [6.07, 6.45) is -0.0484. The van der Waals surface area contributed by atoms with Crippen molar-refractivity contribution in [2.75, 3.05) is 30.2 Å². The number of carbonyl (C=O) groups is 5. The first kappa shape index (κ1) is 33.1. The quantitative estimate of drug-likeness (QED) is 0.163. The molecule has 0 aromatic heterocycles. The highest BCUT2D eigenvalue weighted by Gasteiger charge is 2.19. The molecule has 44 heavy (non-hydrogen) atoms. The average molecular weight is 605 g/mol. The van der Waals surface area contributed by atoms with Crippen molar-refractivity contribution in [2.24, 2.45) is 0 Å². The molecule has 1 atom stereocenters. The molecule has 0 radical (unpaired) electrons. The second-order valence-corrected chi connectivity index (χ2v) is 9.92. The predicted octanol–water partition coefficient (Wildman–Crippen LogP) is 4.80. The zero-order valence-corrected chi connectivity index (χ0v) is 24.8. The molecule has 0 saturated heterocycles. The average Bonchev–Trinajstić information content (AvgIpc) is 2.98. The van der Waals surface area contributed by atoms with Gasteiger partial charge < -0.3 is 35.8 Å². The minimum Gasteiger partial charge on any atom is -0.495 e. The molecular formula is C32H36N4O8. The zero-order chi connectivity index (χ0) is 32.1. The summed E-state index contributed by atoms with van der Waals surface area (Å²) in [5.74, 6) is -1.81. The lowest BCUT2D eigenvalue weighted by molar-refractivity contribution is -0.141. The van der Waals surface area contributed by atoms with Crippen LogP contribution >= 0.6 is 0 Å². The van der Waals surface area contributed by atoms with Crippen molar-refractivity contribution in [3.8, 4) is 5.75 Å². The van der Waals surface area contributed by atoms with Crippen molar-refractivity contribution in [3.63, 3.8) is 0 Å². The summed E-state index contributed by atoms with van der Waals surface area (Å²) >= 11 is 0. The van der Waals surface area contributed by atoms with E-state index in [4.69, 9.17) is 14.6 Å². The molecule has 0 aliphatic heterocycles. The Hall–Kier alpha value is -5.39. The number of urea groups is 1. The SMILES string of the molecule is COC(=O)C[C@@H](NC(=O)CCCC(=O)O)c1ccc(NC(=O)Cc2ccc(NC(=O)Nc3ccccc3C)c(OC)c2)cc1. The van der Waals surface area contributed by atoms with E-state index in [1.54, 1.807) is 48.5 Å². The third-order valence-electron chi connectivity index (χ3n) is 6.60. The van der Waals surface area contributed by atoms with Crippen molar-refractivity contribution in [2.45, 2.75) is 45.1 Å². The zero-order valence-electron chi connectivity index (χ0n) is 24.8. The van der Waals surface area contributed by atoms with E-state index in [9.17, 15) is 24.0 Å². The fourth-order valence-corrected chi connectivity index (χ4v) is 4.30. The van der Waals surface area contributed by atoms with Crippen LogP contribution in [0.15, 0.2) is 66.7 Å². The Balaban J connectivity index is 1.60. The minimum absolute atomic E-state index is 0.000518. The molecule has 12 nitrogen and oxygen atoms in total. The van der Waals surface area contributed by atoms with Crippen LogP contribution in [-0.2, 0) is 30.3 Å². The Morgan fingerprint density at radius 1 is 0.818 bits per heavy atom. The molecule has 0 fully saturated rings. The van der Waals surface area contributed by atoms with E-state index in [0.29, 0.717) is 33.9 Å². The maximum atomic E-state index is 12.8. The van der Waals surface area contributed by atoms with Gasteiger partial charge in [-0.25, -0.2) is 4.79 Å². The fourth-order valence-electron chi connectivity index (χ4n) is 4.30. The molecule has 5 N–H and O–H groups in total. The van der Waals surface area contributed by atoms with Crippen molar-refractivity contribution in [1.29, 1.82) is 0 Å². The summed E-state index contributed by atoms with van der Waals surface area (Å²) in [6, 6.07) is 18.0. The number of ether oxygens (including phenoxy) is 2. The number of carboxylic acid groups (broad SMARTS) is 1. The number of amides is 4. The van der Waals surface area contributed by atoms with Gasteiger partial charge in [-0.2, -0.15) is 0 Å². The molecule has 0 saturated carbocycles. The number of benzene rings is 3. The number of hydrogen-bond donors (Lipinski definition) is 5. The molecule has 0 bridgehead atoms. The van der Waals surface area contributed by atoms with Gasteiger partial charge in [-0.3, -0.25) is 19.2 Å². The van der Waals surface area contributed by atoms with E-state index in [-0.39, 0.29) is 43.9 Å². The number of carboxylic acids is 1. The maximum Gasteiger partial charge on any atom is 0.323 e.